The van der Waals surface area contributed by atoms with Gasteiger partial charge in [0.25, 0.3) is 5.91 Å². The number of hydrogen-bond acceptors (Lipinski definition) is 3. The van der Waals surface area contributed by atoms with E-state index in [2.05, 4.69) is 10.6 Å². The summed E-state index contributed by atoms with van der Waals surface area (Å²) in [5.41, 5.74) is -0.260. The molecule has 0 saturated carbocycles. The smallest absolute Gasteiger partial charge is 0.255 e. The number of amides is 2. The van der Waals surface area contributed by atoms with E-state index in [1.54, 1.807) is 25.1 Å². The lowest BCUT2D eigenvalue weighted by molar-refractivity contribution is -0.134. The average molecular weight is 323 g/mol. The van der Waals surface area contributed by atoms with Gasteiger partial charge in [-0.25, -0.2) is 0 Å². The van der Waals surface area contributed by atoms with Crippen molar-refractivity contribution >= 4 is 29.4 Å². The monoisotopic (exact) mass is 322 g/mol. The van der Waals surface area contributed by atoms with Crippen LogP contribution in [-0.2, 0) is 16.1 Å². The van der Waals surface area contributed by atoms with E-state index >= 15 is 0 Å². The second-order valence-corrected chi connectivity index (χ2v) is 5.89. The molecule has 1 aromatic carbocycles. The number of carbonyl (C=O) groups is 2. The van der Waals surface area contributed by atoms with Crippen LogP contribution in [0.5, 0.6) is 0 Å². The highest BCUT2D eigenvalue weighted by atomic mass is 35.5. The van der Waals surface area contributed by atoms with Crippen molar-refractivity contribution in [2.24, 2.45) is 0 Å². The minimum atomic E-state index is -1.09. The van der Waals surface area contributed by atoms with Crippen LogP contribution < -0.4 is 10.6 Å². The van der Waals surface area contributed by atoms with Crippen molar-refractivity contribution in [3.8, 4) is 0 Å². The second kappa shape index (κ2) is 6.36. The van der Waals surface area contributed by atoms with Crippen molar-refractivity contribution in [2.45, 2.75) is 32.4 Å². The van der Waals surface area contributed by atoms with Gasteiger partial charge in [0.1, 0.15) is 5.54 Å². The molecule has 1 saturated heterocycles. The highest BCUT2D eigenvalue weighted by Gasteiger charge is 2.47. The van der Waals surface area contributed by atoms with E-state index in [4.69, 9.17) is 17.0 Å². The van der Waals surface area contributed by atoms with Crippen LogP contribution in [0.4, 0.5) is 0 Å². The maximum atomic E-state index is 12.6. The molecule has 0 aliphatic carbocycles. The number of nitrogens with one attached hydrogen (secondary N) is 3. The minimum Gasteiger partial charge on any atom is -0.356 e. The molecule has 1 aromatic rings. The Kier molecular flexibility index (Phi) is 4.71. The van der Waals surface area contributed by atoms with Gasteiger partial charge >= 0.3 is 0 Å². The van der Waals surface area contributed by atoms with E-state index in [-0.39, 0.29) is 30.7 Å². The Hall–Kier alpha value is -2.08. The number of benzene rings is 1. The van der Waals surface area contributed by atoms with Crippen LogP contribution in [0.2, 0.25) is 5.02 Å². The first-order valence-corrected chi connectivity index (χ1v) is 7.43. The second-order valence-electron chi connectivity index (χ2n) is 5.46. The quantitative estimate of drug-likeness (QED) is 0.768. The highest BCUT2D eigenvalue weighted by molar-refractivity contribution is 6.30. The zero-order chi connectivity index (χ0) is 16.3. The Morgan fingerprint density at radius 3 is 2.86 bits per heavy atom. The third-order valence-corrected chi connectivity index (χ3v) is 3.73. The zero-order valence-electron chi connectivity index (χ0n) is 12.6. The average Bonchev–Trinajstić information content (AvgIpc) is 2.62. The summed E-state index contributed by atoms with van der Waals surface area (Å²) in [5.74, 6) is -0.510. The van der Waals surface area contributed by atoms with Crippen molar-refractivity contribution in [2.75, 3.05) is 6.54 Å². The van der Waals surface area contributed by atoms with Crippen molar-refractivity contribution in [3.63, 3.8) is 0 Å². The molecule has 0 aromatic heterocycles. The fraction of sp³-hybridized carbons (Fsp3) is 0.400. The molecular weight excluding hydrogens is 304 g/mol. The summed E-state index contributed by atoms with van der Waals surface area (Å²) in [5, 5.41) is 14.0. The number of guanidine groups is 1. The first kappa shape index (κ1) is 16.3. The van der Waals surface area contributed by atoms with Crippen LogP contribution >= 0.6 is 11.6 Å². The number of carbonyl (C=O) groups excluding carboxylic acids is 2. The van der Waals surface area contributed by atoms with Gasteiger partial charge in [0.05, 0.1) is 13.0 Å². The maximum absolute atomic E-state index is 12.6. The summed E-state index contributed by atoms with van der Waals surface area (Å²) in [6.07, 6.45) is -0.00585. The lowest BCUT2D eigenvalue weighted by atomic mass is 9.97. The Labute approximate surface area is 134 Å². The molecule has 1 heterocycles. The van der Waals surface area contributed by atoms with Gasteiger partial charge in [0.2, 0.25) is 5.91 Å². The molecule has 0 spiro atoms. The first-order chi connectivity index (χ1) is 10.4. The summed E-state index contributed by atoms with van der Waals surface area (Å²) in [6.45, 7) is 4.21. The normalized spacial score (nSPS) is 21.0. The molecule has 3 N–H and O–H groups in total. The van der Waals surface area contributed by atoms with E-state index in [1.165, 1.54) is 4.90 Å². The van der Waals surface area contributed by atoms with Gasteiger partial charge in [-0.15, -0.1) is 0 Å². The first-order valence-electron chi connectivity index (χ1n) is 7.05. The van der Waals surface area contributed by atoms with Gasteiger partial charge in [-0.3, -0.25) is 19.9 Å². The Balaban J connectivity index is 2.13. The molecule has 0 bridgehead atoms. The maximum Gasteiger partial charge on any atom is 0.255 e. The van der Waals surface area contributed by atoms with Crippen molar-refractivity contribution < 1.29 is 9.59 Å². The largest absolute Gasteiger partial charge is 0.356 e. The molecule has 1 aliphatic rings. The Bertz CT molecular complexity index is 619. The predicted molar refractivity (Wildman–Crippen MR) is 84.6 cm³/mol. The van der Waals surface area contributed by atoms with E-state index in [0.29, 0.717) is 11.6 Å². The van der Waals surface area contributed by atoms with Crippen LogP contribution in [-0.4, -0.2) is 34.8 Å². The summed E-state index contributed by atoms with van der Waals surface area (Å²) in [7, 11) is 0. The zero-order valence-corrected chi connectivity index (χ0v) is 13.3. The van der Waals surface area contributed by atoms with Crippen LogP contribution in [0.15, 0.2) is 24.3 Å². The van der Waals surface area contributed by atoms with Crippen molar-refractivity contribution in [1.82, 2.24) is 15.5 Å². The third kappa shape index (κ3) is 3.39. The lowest BCUT2D eigenvalue weighted by Crippen LogP contribution is -2.47. The summed E-state index contributed by atoms with van der Waals surface area (Å²) >= 11 is 5.94. The topological polar surface area (TPSA) is 85.3 Å². The molecule has 2 amide bonds. The molecule has 6 nitrogen and oxygen atoms in total. The van der Waals surface area contributed by atoms with E-state index in [9.17, 15) is 9.59 Å². The standard InChI is InChI=1S/C15H19ClN4O2/c1-3-18-12(21)8-15(2)13(22)20(14(17)19-15)9-10-5-4-6-11(16)7-10/h4-7H,3,8-9H2,1-2H3,(H2,17,19)(H,18,21). The van der Waals surface area contributed by atoms with Crippen molar-refractivity contribution in [3.05, 3.63) is 34.9 Å². The summed E-state index contributed by atoms with van der Waals surface area (Å²) < 4.78 is 0. The van der Waals surface area contributed by atoms with Gasteiger partial charge in [0.15, 0.2) is 5.96 Å². The molecule has 1 atom stereocenters. The van der Waals surface area contributed by atoms with Crippen molar-refractivity contribution in [1.29, 1.82) is 5.41 Å². The van der Waals surface area contributed by atoms with Gasteiger partial charge in [0, 0.05) is 11.6 Å². The molecule has 22 heavy (non-hydrogen) atoms. The Morgan fingerprint density at radius 1 is 1.50 bits per heavy atom. The van der Waals surface area contributed by atoms with Crippen LogP contribution in [0.25, 0.3) is 0 Å². The van der Waals surface area contributed by atoms with Gasteiger partial charge in [-0.1, -0.05) is 23.7 Å². The fourth-order valence-electron chi connectivity index (χ4n) is 2.45. The third-order valence-electron chi connectivity index (χ3n) is 3.50. The molecular formula is C15H19ClN4O2. The Morgan fingerprint density at radius 2 is 2.23 bits per heavy atom. The summed E-state index contributed by atoms with van der Waals surface area (Å²) in [4.78, 5) is 25.7. The van der Waals surface area contributed by atoms with Crippen LogP contribution in [0.1, 0.15) is 25.8 Å². The van der Waals surface area contributed by atoms with Crippen LogP contribution in [0, 0.1) is 5.41 Å². The molecule has 2 rings (SSSR count). The summed E-state index contributed by atoms with van der Waals surface area (Å²) in [6, 6.07) is 7.14. The van der Waals surface area contributed by atoms with Gasteiger partial charge in [-0.2, -0.15) is 0 Å². The molecule has 7 heteroatoms. The highest BCUT2D eigenvalue weighted by Crippen LogP contribution is 2.23. The molecule has 118 valence electrons. The lowest BCUT2D eigenvalue weighted by Gasteiger charge is -2.21. The van der Waals surface area contributed by atoms with E-state index in [1.807, 2.05) is 13.0 Å². The molecule has 1 unspecified atom stereocenters. The number of rotatable bonds is 5. The minimum absolute atomic E-state index is 0.00299. The predicted octanol–water partition coefficient (Wildman–Crippen LogP) is 1.49. The number of hydrogen-bond donors (Lipinski definition) is 3. The molecule has 0 radical (unpaired) electrons. The van der Waals surface area contributed by atoms with Gasteiger partial charge < -0.3 is 10.6 Å². The fourth-order valence-corrected chi connectivity index (χ4v) is 2.66. The van der Waals surface area contributed by atoms with Crippen LogP contribution in [0.3, 0.4) is 0 Å². The van der Waals surface area contributed by atoms with E-state index in [0.717, 1.165) is 5.56 Å². The number of nitrogens with zero attached hydrogens (tertiary/aromatic N) is 1. The van der Waals surface area contributed by atoms with Gasteiger partial charge in [-0.05, 0) is 31.5 Å². The molecule has 1 fully saturated rings. The number of halogens is 1. The SMILES string of the molecule is CCNC(=O)CC1(C)NC(=N)N(Cc2cccc(Cl)c2)C1=O. The molecule has 1 aliphatic heterocycles. The van der Waals surface area contributed by atoms with E-state index < -0.39 is 5.54 Å².